The number of nitrogens with one attached hydrogen (secondary N) is 1. The molecule has 2 N–H and O–H groups in total. The van der Waals surface area contributed by atoms with Crippen LogP contribution in [0.4, 0.5) is 0 Å². The molecule has 2 aromatic rings. The summed E-state index contributed by atoms with van der Waals surface area (Å²) in [7, 11) is 0. The maximum absolute atomic E-state index is 10.1. The number of fused-ring (bicyclic) bond motifs is 1. The van der Waals surface area contributed by atoms with Gasteiger partial charge in [0.25, 0.3) is 0 Å². The number of para-hydroxylation sites is 2. The number of ether oxygens (including phenoxy) is 1. The largest absolute Gasteiger partial charge is 0.386 e. The van der Waals surface area contributed by atoms with E-state index in [1.807, 2.05) is 24.3 Å². The van der Waals surface area contributed by atoms with Gasteiger partial charge in [0.2, 0.25) is 0 Å². The van der Waals surface area contributed by atoms with Crippen molar-refractivity contribution in [2.24, 2.45) is 0 Å². The molecule has 1 fully saturated rings. The van der Waals surface area contributed by atoms with E-state index in [4.69, 9.17) is 4.74 Å². The Bertz CT molecular complexity index is 567. The van der Waals surface area contributed by atoms with Crippen LogP contribution in [0.5, 0.6) is 0 Å². The van der Waals surface area contributed by atoms with Crippen molar-refractivity contribution in [1.29, 1.82) is 0 Å². The Hall–Kier alpha value is -1.56. The smallest absolute Gasteiger partial charge is 0.103 e. The molecule has 0 saturated carbocycles. The van der Waals surface area contributed by atoms with E-state index in [1.54, 1.807) is 6.20 Å². The monoisotopic (exact) mass is 259 g/mol. The van der Waals surface area contributed by atoms with Crippen molar-refractivity contribution in [3.8, 4) is 0 Å². The molecule has 100 valence electrons. The van der Waals surface area contributed by atoms with Gasteiger partial charge in [-0.1, -0.05) is 12.1 Å². The summed E-state index contributed by atoms with van der Waals surface area (Å²) in [6.07, 6.45) is 2.45. The van der Waals surface area contributed by atoms with Crippen LogP contribution >= 0.6 is 0 Å². The highest BCUT2D eigenvalue weighted by Crippen LogP contribution is 2.17. The fraction of sp³-hybridized carbons (Fsp3) is 0.429. The van der Waals surface area contributed by atoms with Gasteiger partial charge in [0.05, 0.1) is 29.5 Å². The fourth-order valence-electron chi connectivity index (χ4n) is 2.24. The van der Waals surface area contributed by atoms with Crippen molar-refractivity contribution in [1.82, 2.24) is 15.3 Å². The molecule has 5 nitrogen and oxygen atoms in total. The molecule has 1 atom stereocenters. The summed E-state index contributed by atoms with van der Waals surface area (Å²) < 4.78 is 5.20. The standard InChI is InChI=1S/C14H17N3O2/c18-14(5-6-19-10-14)9-15-7-11-8-16-12-3-1-2-4-13(12)17-11/h1-4,8,15,18H,5-7,9-10H2. The average Bonchev–Trinajstić information content (AvgIpc) is 2.86. The molecule has 19 heavy (non-hydrogen) atoms. The number of benzene rings is 1. The Kier molecular flexibility index (Phi) is 3.42. The van der Waals surface area contributed by atoms with Gasteiger partial charge in [-0.2, -0.15) is 0 Å². The van der Waals surface area contributed by atoms with E-state index >= 15 is 0 Å². The quantitative estimate of drug-likeness (QED) is 0.853. The van der Waals surface area contributed by atoms with Crippen molar-refractivity contribution in [2.75, 3.05) is 19.8 Å². The second-order valence-electron chi connectivity index (χ2n) is 4.98. The summed E-state index contributed by atoms with van der Waals surface area (Å²) in [5.74, 6) is 0. The van der Waals surface area contributed by atoms with Crippen LogP contribution in [-0.2, 0) is 11.3 Å². The molecule has 1 saturated heterocycles. The summed E-state index contributed by atoms with van der Waals surface area (Å²) in [6.45, 7) is 2.15. The lowest BCUT2D eigenvalue weighted by Crippen LogP contribution is -2.40. The zero-order valence-electron chi connectivity index (χ0n) is 10.7. The predicted molar refractivity (Wildman–Crippen MR) is 71.6 cm³/mol. The third kappa shape index (κ3) is 2.89. The summed E-state index contributed by atoms with van der Waals surface area (Å²) in [6, 6.07) is 7.79. The normalized spacial score (nSPS) is 23.0. The van der Waals surface area contributed by atoms with E-state index in [2.05, 4.69) is 15.3 Å². The molecule has 3 rings (SSSR count). The van der Waals surface area contributed by atoms with E-state index in [-0.39, 0.29) is 0 Å². The van der Waals surface area contributed by atoms with Crippen molar-refractivity contribution in [3.05, 3.63) is 36.2 Å². The minimum Gasteiger partial charge on any atom is -0.386 e. The SMILES string of the molecule is OC1(CNCc2cnc3ccccc3n2)CCOC1. The Morgan fingerprint density at radius 3 is 2.95 bits per heavy atom. The van der Waals surface area contributed by atoms with Gasteiger partial charge in [-0.25, -0.2) is 4.98 Å². The maximum Gasteiger partial charge on any atom is 0.103 e. The molecule has 0 radical (unpaired) electrons. The lowest BCUT2D eigenvalue weighted by Gasteiger charge is -2.20. The van der Waals surface area contributed by atoms with Crippen LogP contribution in [0, 0.1) is 0 Å². The molecule has 1 unspecified atom stereocenters. The Balaban J connectivity index is 1.62. The van der Waals surface area contributed by atoms with Gasteiger partial charge in [0.15, 0.2) is 0 Å². The Labute approximate surface area is 111 Å². The first-order valence-electron chi connectivity index (χ1n) is 6.47. The molecule has 0 amide bonds. The molecule has 0 spiro atoms. The minimum atomic E-state index is -0.732. The molecular formula is C14H17N3O2. The number of aliphatic hydroxyl groups is 1. The first-order chi connectivity index (χ1) is 9.25. The first-order valence-corrected chi connectivity index (χ1v) is 6.47. The minimum absolute atomic E-state index is 0.406. The van der Waals surface area contributed by atoms with Crippen LogP contribution in [0.2, 0.25) is 0 Å². The van der Waals surface area contributed by atoms with Crippen molar-refractivity contribution < 1.29 is 9.84 Å². The number of nitrogens with zero attached hydrogens (tertiary/aromatic N) is 2. The number of hydrogen-bond acceptors (Lipinski definition) is 5. The van der Waals surface area contributed by atoms with Gasteiger partial charge in [-0.05, 0) is 12.1 Å². The van der Waals surface area contributed by atoms with E-state index in [9.17, 15) is 5.11 Å². The van der Waals surface area contributed by atoms with Crippen molar-refractivity contribution >= 4 is 11.0 Å². The summed E-state index contributed by atoms with van der Waals surface area (Å²) in [5.41, 5.74) is 1.93. The van der Waals surface area contributed by atoms with Crippen LogP contribution in [0.1, 0.15) is 12.1 Å². The van der Waals surface area contributed by atoms with Crippen LogP contribution < -0.4 is 5.32 Å². The molecule has 1 aromatic heterocycles. The molecule has 0 aliphatic carbocycles. The van der Waals surface area contributed by atoms with Gasteiger partial charge >= 0.3 is 0 Å². The molecule has 5 heteroatoms. The van der Waals surface area contributed by atoms with Crippen LogP contribution in [0.25, 0.3) is 11.0 Å². The Morgan fingerprint density at radius 2 is 2.16 bits per heavy atom. The zero-order chi connectivity index (χ0) is 13.1. The lowest BCUT2D eigenvalue weighted by molar-refractivity contribution is 0.0268. The third-order valence-electron chi connectivity index (χ3n) is 3.34. The summed E-state index contributed by atoms with van der Waals surface area (Å²) in [5, 5.41) is 13.3. The lowest BCUT2D eigenvalue weighted by atomic mass is 10.0. The highest BCUT2D eigenvalue weighted by atomic mass is 16.5. The van der Waals surface area contributed by atoms with E-state index in [0.29, 0.717) is 32.7 Å². The maximum atomic E-state index is 10.1. The first kappa shape index (κ1) is 12.5. The molecule has 2 heterocycles. The third-order valence-corrected chi connectivity index (χ3v) is 3.34. The van der Waals surface area contributed by atoms with Gasteiger partial charge in [-0.15, -0.1) is 0 Å². The summed E-state index contributed by atoms with van der Waals surface area (Å²) >= 11 is 0. The topological polar surface area (TPSA) is 67.3 Å². The number of rotatable bonds is 4. The summed E-state index contributed by atoms with van der Waals surface area (Å²) in [4.78, 5) is 8.88. The highest BCUT2D eigenvalue weighted by Gasteiger charge is 2.31. The van der Waals surface area contributed by atoms with Gasteiger partial charge < -0.3 is 15.2 Å². The molecule has 1 aliphatic rings. The Morgan fingerprint density at radius 1 is 1.32 bits per heavy atom. The van der Waals surface area contributed by atoms with Gasteiger partial charge in [0, 0.05) is 26.1 Å². The van der Waals surface area contributed by atoms with E-state index in [0.717, 1.165) is 16.7 Å². The predicted octanol–water partition coefficient (Wildman–Crippen LogP) is 0.871. The zero-order valence-corrected chi connectivity index (χ0v) is 10.7. The molecule has 1 aromatic carbocycles. The molecule has 0 bridgehead atoms. The van der Waals surface area contributed by atoms with E-state index in [1.165, 1.54) is 0 Å². The van der Waals surface area contributed by atoms with Crippen molar-refractivity contribution in [2.45, 2.75) is 18.6 Å². The van der Waals surface area contributed by atoms with E-state index < -0.39 is 5.60 Å². The number of aromatic nitrogens is 2. The van der Waals surface area contributed by atoms with Gasteiger partial charge in [-0.3, -0.25) is 4.98 Å². The molecule has 1 aliphatic heterocycles. The van der Waals surface area contributed by atoms with Crippen LogP contribution in [0.3, 0.4) is 0 Å². The van der Waals surface area contributed by atoms with Crippen molar-refractivity contribution in [3.63, 3.8) is 0 Å². The molecular weight excluding hydrogens is 242 g/mol. The highest BCUT2D eigenvalue weighted by molar-refractivity contribution is 5.73. The number of hydrogen-bond donors (Lipinski definition) is 2. The van der Waals surface area contributed by atoms with Crippen LogP contribution in [0.15, 0.2) is 30.5 Å². The van der Waals surface area contributed by atoms with Crippen LogP contribution in [-0.4, -0.2) is 40.4 Å². The van der Waals surface area contributed by atoms with Gasteiger partial charge in [0.1, 0.15) is 5.60 Å². The fourth-order valence-corrected chi connectivity index (χ4v) is 2.24. The average molecular weight is 259 g/mol. The second-order valence-corrected chi connectivity index (χ2v) is 4.98. The second kappa shape index (κ2) is 5.21.